The molecule has 0 saturated carbocycles. The summed E-state index contributed by atoms with van der Waals surface area (Å²) < 4.78 is 3.98. The standard InChI is InChI=1S/C11H9IN4S/c1-6-15-9-3-10(8(13)2-11(9)17-6)16-5-7(12)4-14-16/h2-5H,13H2,1H3. The molecule has 0 atom stereocenters. The fraction of sp³-hybridized carbons (Fsp3) is 0.0909. The Morgan fingerprint density at radius 3 is 2.94 bits per heavy atom. The largest absolute Gasteiger partial charge is 0.397 e. The van der Waals surface area contributed by atoms with E-state index in [4.69, 9.17) is 5.73 Å². The molecule has 2 aromatic heterocycles. The molecule has 4 nitrogen and oxygen atoms in total. The zero-order valence-corrected chi connectivity index (χ0v) is 12.0. The number of hydrogen-bond donors (Lipinski definition) is 1. The Morgan fingerprint density at radius 1 is 1.41 bits per heavy atom. The quantitative estimate of drug-likeness (QED) is 0.539. The van der Waals surface area contributed by atoms with Gasteiger partial charge in [0.2, 0.25) is 0 Å². The van der Waals surface area contributed by atoms with Crippen molar-refractivity contribution in [1.29, 1.82) is 0 Å². The third-order valence-electron chi connectivity index (χ3n) is 2.44. The zero-order valence-electron chi connectivity index (χ0n) is 9.01. The molecule has 1 aromatic carbocycles. The van der Waals surface area contributed by atoms with E-state index >= 15 is 0 Å². The van der Waals surface area contributed by atoms with Crippen LogP contribution in [0.15, 0.2) is 24.5 Å². The lowest BCUT2D eigenvalue weighted by Crippen LogP contribution is -1.99. The molecular formula is C11H9IN4S. The van der Waals surface area contributed by atoms with Crippen molar-refractivity contribution in [2.24, 2.45) is 0 Å². The van der Waals surface area contributed by atoms with Crippen molar-refractivity contribution in [2.75, 3.05) is 5.73 Å². The van der Waals surface area contributed by atoms with E-state index < -0.39 is 0 Å². The van der Waals surface area contributed by atoms with Gasteiger partial charge >= 0.3 is 0 Å². The van der Waals surface area contributed by atoms with Gasteiger partial charge in [-0.3, -0.25) is 0 Å². The number of thiazole rings is 1. The number of nitrogen functional groups attached to an aromatic ring is 1. The van der Waals surface area contributed by atoms with Crippen LogP contribution in [-0.4, -0.2) is 14.8 Å². The maximum atomic E-state index is 6.05. The van der Waals surface area contributed by atoms with Crippen LogP contribution in [0.4, 0.5) is 5.69 Å². The molecule has 0 aliphatic rings. The van der Waals surface area contributed by atoms with Gasteiger partial charge in [-0.1, -0.05) is 0 Å². The van der Waals surface area contributed by atoms with Crippen molar-refractivity contribution in [3.63, 3.8) is 0 Å². The van der Waals surface area contributed by atoms with E-state index in [2.05, 4.69) is 32.7 Å². The molecule has 0 radical (unpaired) electrons. The molecule has 0 saturated heterocycles. The third kappa shape index (κ3) is 1.91. The van der Waals surface area contributed by atoms with Crippen LogP contribution in [0, 0.1) is 10.5 Å². The molecule has 17 heavy (non-hydrogen) atoms. The van der Waals surface area contributed by atoms with Crippen LogP contribution < -0.4 is 5.73 Å². The van der Waals surface area contributed by atoms with E-state index in [0.29, 0.717) is 0 Å². The molecule has 0 spiro atoms. The van der Waals surface area contributed by atoms with Crippen LogP contribution in [0.1, 0.15) is 5.01 Å². The summed E-state index contributed by atoms with van der Waals surface area (Å²) in [6.07, 6.45) is 3.74. The second kappa shape index (κ2) is 3.95. The summed E-state index contributed by atoms with van der Waals surface area (Å²) in [6.45, 7) is 2.00. The highest BCUT2D eigenvalue weighted by Crippen LogP contribution is 2.28. The smallest absolute Gasteiger partial charge is 0.0907 e. The minimum atomic E-state index is 0.723. The van der Waals surface area contributed by atoms with E-state index in [9.17, 15) is 0 Å². The first-order valence-electron chi connectivity index (χ1n) is 5.01. The molecule has 86 valence electrons. The average molecular weight is 356 g/mol. The molecule has 0 fully saturated rings. The van der Waals surface area contributed by atoms with Gasteiger partial charge in [0.1, 0.15) is 0 Å². The predicted molar refractivity (Wildman–Crippen MR) is 78.6 cm³/mol. The van der Waals surface area contributed by atoms with E-state index in [1.807, 2.05) is 25.3 Å². The molecule has 3 rings (SSSR count). The molecule has 0 unspecified atom stereocenters. The molecule has 0 amide bonds. The van der Waals surface area contributed by atoms with Crippen molar-refractivity contribution >= 4 is 49.8 Å². The van der Waals surface area contributed by atoms with Gasteiger partial charge in [-0.05, 0) is 41.6 Å². The maximum Gasteiger partial charge on any atom is 0.0907 e. The summed E-state index contributed by atoms with van der Waals surface area (Å²) in [5, 5.41) is 5.31. The highest BCUT2D eigenvalue weighted by Gasteiger charge is 2.08. The van der Waals surface area contributed by atoms with Gasteiger partial charge in [0.15, 0.2) is 0 Å². The molecular weight excluding hydrogens is 347 g/mol. The molecule has 0 aliphatic carbocycles. The topological polar surface area (TPSA) is 56.7 Å². The number of benzene rings is 1. The van der Waals surface area contributed by atoms with Gasteiger partial charge in [0, 0.05) is 6.20 Å². The van der Waals surface area contributed by atoms with E-state index in [-0.39, 0.29) is 0 Å². The number of nitrogens with two attached hydrogens (primary N) is 1. The first-order valence-corrected chi connectivity index (χ1v) is 6.90. The Morgan fingerprint density at radius 2 is 2.24 bits per heavy atom. The summed E-state index contributed by atoms with van der Waals surface area (Å²) in [5.74, 6) is 0. The van der Waals surface area contributed by atoms with E-state index in [1.54, 1.807) is 22.2 Å². The summed E-state index contributed by atoms with van der Waals surface area (Å²) in [6, 6.07) is 3.95. The number of anilines is 1. The number of fused-ring (bicyclic) bond motifs is 1. The minimum absolute atomic E-state index is 0.723. The normalized spacial score (nSPS) is 11.2. The van der Waals surface area contributed by atoms with Crippen LogP contribution in [0.5, 0.6) is 0 Å². The van der Waals surface area contributed by atoms with Crippen molar-refractivity contribution in [3.8, 4) is 5.69 Å². The second-order valence-electron chi connectivity index (χ2n) is 3.71. The molecule has 0 bridgehead atoms. The molecule has 2 heterocycles. The number of nitrogens with zero attached hydrogens (tertiary/aromatic N) is 3. The Balaban J connectivity index is 2.25. The summed E-state index contributed by atoms with van der Waals surface area (Å²) in [5.41, 5.74) is 8.63. The first kappa shape index (κ1) is 11.0. The second-order valence-corrected chi connectivity index (χ2v) is 6.20. The Labute approximate surface area is 116 Å². The molecule has 0 aliphatic heterocycles. The van der Waals surface area contributed by atoms with E-state index in [1.165, 1.54) is 0 Å². The lowest BCUT2D eigenvalue weighted by Gasteiger charge is -2.04. The Kier molecular flexibility index (Phi) is 2.55. The van der Waals surface area contributed by atoms with E-state index in [0.717, 1.165) is 30.2 Å². The monoisotopic (exact) mass is 356 g/mol. The fourth-order valence-corrected chi connectivity index (χ4v) is 2.97. The summed E-state index contributed by atoms with van der Waals surface area (Å²) in [7, 11) is 0. The van der Waals surface area contributed by atoms with Crippen molar-refractivity contribution < 1.29 is 0 Å². The van der Waals surface area contributed by atoms with Crippen LogP contribution in [0.3, 0.4) is 0 Å². The zero-order chi connectivity index (χ0) is 12.0. The van der Waals surface area contributed by atoms with Gasteiger partial charge in [0.25, 0.3) is 0 Å². The number of aromatic nitrogens is 3. The SMILES string of the molecule is Cc1nc2cc(-n3cc(I)cn3)c(N)cc2s1. The Hall–Kier alpha value is -1.15. The number of hydrogen-bond acceptors (Lipinski definition) is 4. The van der Waals surface area contributed by atoms with Gasteiger partial charge in [-0.15, -0.1) is 11.3 Å². The Bertz CT molecular complexity index is 701. The molecule has 6 heteroatoms. The van der Waals surface area contributed by atoms with Gasteiger partial charge < -0.3 is 5.73 Å². The number of rotatable bonds is 1. The predicted octanol–water partition coefficient (Wildman–Crippen LogP) is 2.98. The minimum Gasteiger partial charge on any atom is -0.397 e. The number of halogens is 1. The highest BCUT2D eigenvalue weighted by atomic mass is 127. The third-order valence-corrected chi connectivity index (χ3v) is 3.93. The highest BCUT2D eigenvalue weighted by molar-refractivity contribution is 14.1. The van der Waals surface area contributed by atoms with Gasteiger partial charge in [0.05, 0.1) is 36.4 Å². The van der Waals surface area contributed by atoms with Crippen LogP contribution in [0.25, 0.3) is 15.9 Å². The van der Waals surface area contributed by atoms with Crippen molar-refractivity contribution in [2.45, 2.75) is 6.92 Å². The summed E-state index contributed by atoms with van der Waals surface area (Å²) in [4.78, 5) is 4.47. The van der Waals surface area contributed by atoms with Crippen LogP contribution >= 0.6 is 33.9 Å². The molecule has 3 aromatic rings. The summed E-state index contributed by atoms with van der Waals surface area (Å²) >= 11 is 3.88. The molecule has 2 N–H and O–H groups in total. The van der Waals surface area contributed by atoms with Crippen LogP contribution in [0.2, 0.25) is 0 Å². The van der Waals surface area contributed by atoms with Gasteiger partial charge in [-0.25, -0.2) is 9.67 Å². The van der Waals surface area contributed by atoms with Gasteiger partial charge in [-0.2, -0.15) is 5.10 Å². The van der Waals surface area contributed by atoms with Crippen LogP contribution in [-0.2, 0) is 0 Å². The maximum absolute atomic E-state index is 6.05. The number of aryl methyl sites for hydroxylation is 1. The lowest BCUT2D eigenvalue weighted by atomic mass is 10.2. The lowest BCUT2D eigenvalue weighted by molar-refractivity contribution is 0.884. The first-order chi connectivity index (χ1) is 8.13. The average Bonchev–Trinajstić information content (AvgIpc) is 2.82. The van der Waals surface area contributed by atoms with Crippen molar-refractivity contribution in [3.05, 3.63) is 33.1 Å². The van der Waals surface area contributed by atoms with Crippen molar-refractivity contribution in [1.82, 2.24) is 14.8 Å². The fourth-order valence-electron chi connectivity index (χ4n) is 1.72.